The fraction of sp³-hybridized carbons (Fsp3) is 0.353. The summed E-state index contributed by atoms with van der Waals surface area (Å²) < 4.78 is 10.8. The first kappa shape index (κ1) is 15.3. The van der Waals surface area contributed by atoms with Gasteiger partial charge >= 0.3 is 0 Å². The van der Waals surface area contributed by atoms with Crippen molar-refractivity contribution in [1.82, 2.24) is 4.98 Å². The Morgan fingerprint density at radius 1 is 1.19 bits per heavy atom. The highest BCUT2D eigenvalue weighted by Crippen LogP contribution is 2.29. The van der Waals surface area contributed by atoms with Crippen LogP contribution in [0, 0.1) is 0 Å². The molecular weight excluding hydrogens is 266 g/mol. The lowest BCUT2D eigenvalue weighted by Gasteiger charge is -2.12. The third kappa shape index (κ3) is 4.20. The molecule has 0 fully saturated rings. The molecule has 1 aromatic heterocycles. The third-order valence-electron chi connectivity index (χ3n) is 3.26. The number of methoxy groups -OCH3 is 1. The summed E-state index contributed by atoms with van der Waals surface area (Å²) in [6.07, 6.45) is 2.51. The molecule has 2 aromatic rings. The van der Waals surface area contributed by atoms with E-state index in [4.69, 9.17) is 9.47 Å². The Morgan fingerprint density at radius 2 is 2.05 bits per heavy atom. The molecule has 4 nitrogen and oxygen atoms in total. The van der Waals surface area contributed by atoms with Crippen LogP contribution in [0.25, 0.3) is 0 Å². The van der Waals surface area contributed by atoms with Crippen LogP contribution in [-0.2, 0) is 6.42 Å². The van der Waals surface area contributed by atoms with Gasteiger partial charge in [-0.1, -0.05) is 12.1 Å². The van der Waals surface area contributed by atoms with Crippen LogP contribution in [0.5, 0.6) is 11.5 Å². The van der Waals surface area contributed by atoms with Gasteiger partial charge in [0.05, 0.1) is 25.5 Å². The van der Waals surface area contributed by atoms with E-state index < -0.39 is 6.10 Å². The van der Waals surface area contributed by atoms with Gasteiger partial charge in [0, 0.05) is 6.20 Å². The number of aryl methyl sites for hydroxylation is 1. The molecule has 0 amide bonds. The molecule has 0 spiro atoms. The first-order valence-corrected chi connectivity index (χ1v) is 7.13. The van der Waals surface area contributed by atoms with Gasteiger partial charge in [0.25, 0.3) is 0 Å². The SMILES string of the molecule is CCOc1ccc(CCC(O)c2ccccn2)cc1OC. The lowest BCUT2D eigenvalue weighted by molar-refractivity contribution is 0.163. The molecule has 0 aliphatic heterocycles. The fourth-order valence-electron chi connectivity index (χ4n) is 2.17. The molecule has 1 aromatic carbocycles. The monoisotopic (exact) mass is 287 g/mol. The number of pyridine rings is 1. The number of aromatic nitrogens is 1. The molecule has 0 radical (unpaired) electrons. The lowest BCUT2D eigenvalue weighted by Crippen LogP contribution is -2.02. The number of hydrogen-bond donors (Lipinski definition) is 1. The standard InChI is InChI=1S/C17H21NO3/c1-3-21-16-10-8-13(12-17(16)20-2)7-9-15(19)14-6-4-5-11-18-14/h4-6,8,10-12,15,19H,3,7,9H2,1-2H3. The van der Waals surface area contributed by atoms with Crippen molar-refractivity contribution in [3.05, 3.63) is 53.9 Å². The number of ether oxygens (including phenoxy) is 2. The lowest BCUT2D eigenvalue weighted by atomic mass is 10.0. The molecule has 21 heavy (non-hydrogen) atoms. The van der Waals surface area contributed by atoms with Gasteiger partial charge in [0.1, 0.15) is 0 Å². The largest absolute Gasteiger partial charge is 0.493 e. The summed E-state index contributed by atoms with van der Waals surface area (Å²) in [5, 5.41) is 10.1. The number of aliphatic hydroxyl groups excluding tert-OH is 1. The number of hydrogen-bond acceptors (Lipinski definition) is 4. The van der Waals surface area contributed by atoms with Crippen LogP contribution in [-0.4, -0.2) is 23.8 Å². The van der Waals surface area contributed by atoms with Crippen molar-refractivity contribution in [3.63, 3.8) is 0 Å². The molecule has 1 N–H and O–H groups in total. The predicted octanol–water partition coefficient (Wildman–Crippen LogP) is 3.16. The topological polar surface area (TPSA) is 51.6 Å². The Hall–Kier alpha value is -2.07. The number of rotatable bonds is 7. The maximum atomic E-state index is 10.1. The quantitative estimate of drug-likeness (QED) is 0.850. The van der Waals surface area contributed by atoms with Gasteiger partial charge < -0.3 is 14.6 Å². The van der Waals surface area contributed by atoms with Crippen molar-refractivity contribution >= 4 is 0 Å². The van der Waals surface area contributed by atoms with Crippen LogP contribution in [0.15, 0.2) is 42.6 Å². The molecule has 4 heteroatoms. The summed E-state index contributed by atoms with van der Waals surface area (Å²) in [7, 11) is 1.63. The maximum Gasteiger partial charge on any atom is 0.161 e. The van der Waals surface area contributed by atoms with E-state index in [0.29, 0.717) is 18.7 Å². The Kier molecular flexibility index (Phi) is 5.58. The highest BCUT2D eigenvalue weighted by molar-refractivity contribution is 5.43. The number of benzene rings is 1. The summed E-state index contributed by atoms with van der Waals surface area (Å²) in [5.74, 6) is 1.47. The zero-order valence-corrected chi connectivity index (χ0v) is 12.5. The van der Waals surface area contributed by atoms with Gasteiger partial charge in [0.2, 0.25) is 0 Å². The van der Waals surface area contributed by atoms with Crippen molar-refractivity contribution in [1.29, 1.82) is 0 Å². The first-order chi connectivity index (χ1) is 10.2. The van der Waals surface area contributed by atoms with Crippen LogP contribution >= 0.6 is 0 Å². The Balaban J connectivity index is 2.00. The second-order valence-corrected chi connectivity index (χ2v) is 4.73. The minimum absolute atomic E-state index is 0.552. The van der Waals surface area contributed by atoms with Crippen LogP contribution < -0.4 is 9.47 Å². The zero-order valence-electron chi connectivity index (χ0n) is 12.5. The molecule has 1 heterocycles. The molecule has 0 aliphatic rings. The fourth-order valence-corrected chi connectivity index (χ4v) is 2.17. The van der Waals surface area contributed by atoms with E-state index in [2.05, 4.69) is 4.98 Å². The minimum Gasteiger partial charge on any atom is -0.493 e. The van der Waals surface area contributed by atoms with Crippen molar-refractivity contribution in [2.45, 2.75) is 25.9 Å². The van der Waals surface area contributed by atoms with Gasteiger partial charge in [-0.3, -0.25) is 4.98 Å². The van der Waals surface area contributed by atoms with E-state index in [1.807, 2.05) is 43.3 Å². The molecule has 1 atom stereocenters. The maximum absolute atomic E-state index is 10.1. The summed E-state index contributed by atoms with van der Waals surface area (Å²) in [4.78, 5) is 4.17. The molecule has 1 unspecified atom stereocenters. The normalized spacial score (nSPS) is 12.0. The predicted molar refractivity (Wildman–Crippen MR) is 81.7 cm³/mol. The first-order valence-electron chi connectivity index (χ1n) is 7.13. The Labute approximate surface area is 125 Å². The Bertz CT molecular complexity index is 557. The zero-order chi connectivity index (χ0) is 15.1. The molecule has 0 saturated carbocycles. The summed E-state index contributed by atoms with van der Waals surface area (Å²) in [5.41, 5.74) is 1.81. The van der Waals surface area contributed by atoms with E-state index in [0.717, 1.165) is 23.5 Å². The molecule has 0 bridgehead atoms. The van der Waals surface area contributed by atoms with Crippen LogP contribution in [0.3, 0.4) is 0 Å². The summed E-state index contributed by atoms with van der Waals surface area (Å²) >= 11 is 0. The van der Waals surface area contributed by atoms with E-state index in [-0.39, 0.29) is 0 Å². The van der Waals surface area contributed by atoms with Crippen LogP contribution in [0.2, 0.25) is 0 Å². The number of nitrogens with zero attached hydrogens (tertiary/aromatic N) is 1. The van der Waals surface area contributed by atoms with Crippen LogP contribution in [0.4, 0.5) is 0 Å². The van der Waals surface area contributed by atoms with E-state index in [1.165, 1.54) is 0 Å². The van der Waals surface area contributed by atoms with E-state index in [1.54, 1.807) is 13.3 Å². The second-order valence-electron chi connectivity index (χ2n) is 4.73. The van der Waals surface area contributed by atoms with Crippen LogP contribution in [0.1, 0.15) is 30.7 Å². The highest BCUT2D eigenvalue weighted by Gasteiger charge is 2.10. The van der Waals surface area contributed by atoms with Crippen molar-refractivity contribution in [2.75, 3.05) is 13.7 Å². The van der Waals surface area contributed by atoms with E-state index >= 15 is 0 Å². The van der Waals surface area contributed by atoms with E-state index in [9.17, 15) is 5.11 Å². The summed E-state index contributed by atoms with van der Waals surface area (Å²) in [6, 6.07) is 11.4. The Morgan fingerprint density at radius 3 is 2.71 bits per heavy atom. The average molecular weight is 287 g/mol. The second kappa shape index (κ2) is 7.64. The van der Waals surface area contributed by atoms with Crippen molar-refractivity contribution in [2.24, 2.45) is 0 Å². The van der Waals surface area contributed by atoms with Crippen molar-refractivity contribution < 1.29 is 14.6 Å². The van der Waals surface area contributed by atoms with Gasteiger partial charge in [-0.15, -0.1) is 0 Å². The van der Waals surface area contributed by atoms with Gasteiger partial charge in [-0.05, 0) is 49.6 Å². The molecule has 0 aliphatic carbocycles. The number of aliphatic hydroxyl groups is 1. The van der Waals surface area contributed by atoms with Gasteiger partial charge in [-0.2, -0.15) is 0 Å². The molecule has 0 saturated heterocycles. The van der Waals surface area contributed by atoms with Gasteiger partial charge in [0.15, 0.2) is 11.5 Å². The van der Waals surface area contributed by atoms with Crippen molar-refractivity contribution in [3.8, 4) is 11.5 Å². The molecule has 112 valence electrons. The highest BCUT2D eigenvalue weighted by atomic mass is 16.5. The van der Waals surface area contributed by atoms with Gasteiger partial charge in [-0.25, -0.2) is 0 Å². The smallest absolute Gasteiger partial charge is 0.161 e. The molecular formula is C17H21NO3. The third-order valence-corrected chi connectivity index (χ3v) is 3.26. The summed E-state index contributed by atoms with van der Waals surface area (Å²) in [6.45, 7) is 2.55. The molecule has 2 rings (SSSR count). The average Bonchev–Trinajstić information content (AvgIpc) is 2.54. The minimum atomic E-state index is -0.552.